The number of likely N-dealkylation sites (tertiary alicyclic amines) is 1. The summed E-state index contributed by atoms with van der Waals surface area (Å²) in [6.45, 7) is 3.89. The molecule has 0 spiro atoms. The van der Waals surface area contributed by atoms with Gasteiger partial charge in [-0.3, -0.25) is 9.69 Å². The molecule has 0 bridgehead atoms. The lowest BCUT2D eigenvalue weighted by Gasteiger charge is -2.31. The van der Waals surface area contributed by atoms with Crippen molar-refractivity contribution < 1.29 is 24.0 Å². The number of esters is 2. The number of carbonyl (C=O) groups excluding carboxylic acids is 2. The van der Waals surface area contributed by atoms with E-state index in [4.69, 9.17) is 9.47 Å². The predicted octanol–water partition coefficient (Wildman–Crippen LogP) is 0.714. The van der Waals surface area contributed by atoms with Crippen LogP contribution in [-0.2, 0) is 14.3 Å². The zero-order chi connectivity index (χ0) is 14.8. The summed E-state index contributed by atoms with van der Waals surface area (Å²) < 4.78 is 10.6. The lowest BCUT2D eigenvalue weighted by molar-refractivity contribution is -0.956. The van der Waals surface area contributed by atoms with Crippen LogP contribution in [0.1, 0.15) is 41.9 Å². The standard InChI is InChI=1S/C16H19NO4/c1-2-20-15(18)11-7-9-17(10-8-11)14-12-5-3-4-6-13(12)16(19)21-14/h3-6,11,14H,2,7-10H2,1H3/p+1. The first-order valence-electron chi connectivity index (χ1n) is 7.51. The molecule has 1 atom stereocenters. The highest BCUT2D eigenvalue weighted by molar-refractivity contribution is 5.93. The largest absolute Gasteiger partial charge is 0.466 e. The Labute approximate surface area is 123 Å². The van der Waals surface area contributed by atoms with Crippen LogP contribution in [0.15, 0.2) is 24.3 Å². The first-order valence-corrected chi connectivity index (χ1v) is 7.51. The molecule has 1 N–H and O–H groups in total. The average molecular weight is 290 g/mol. The van der Waals surface area contributed by atoms with Crippen LogP contribution in [0.25, 0.3) is 0 Å². The molecule has 112 valence electrons. The van der Waals surface area contributed by atoms with Gasteiger partial charge in [-0.2, -0.15) is 0 Å². The van der Waals surface area contributed by atoms with Gasteiger partial charge in [-0.1, -0.05) is 12.1 Å². The number of piperidine rings is 1. The molecule has 5 heteroatoms. The molecule has 1 aromatic carbocycles. The van der Waals surface area contributed by atoms with Crippen LogP contribution in [0.5, 0.6) is 0 Å². The van der Waals surface area contributed by atoms with Crippen LogP contribution in [0.2, 0.25) is 0 Å². The molecular formula is C16H20NO4+. The van der Waals surface area contributed by atoms with E-state index in [1.165, 1.54) is 4.90 Å². The fourth-order valence-electron chi connectivity index (χ4n) is 3.20. The molecule has 2 aliphatic rings. The highest BCUT2D eigenvalue weighted by atomic mass is 16.6. The van der Waals surface area contributed by atoms with Crippen molar-refractivity contribution >= 4 is 11.9 Å². The second-order valence-electron chi connectivity index (χ2n) is 5.56. The maximum atomic E-state index is 11.9. The van der Waals surface area contributed by atoms with Crippen molar-refractivity contribution in [3.63, 3.8) is 0 Å². The molecule has 21 heavy (non-hydrogen) atoms. The van der Waals surface area contributed by atoms with E-state index >= 15 is 0 Å². The number of ether oxygens (including phenoxy) is 2. The second kappa shape index (κ2) is 5.85. The fourth-order valence-corrected chi connectivity index (χ4v) is 3.20. The van der Waals surface area contributed by atoms with Gasteiger partial charge < -0.3 is 9.47 Å². The molecule has 0 aromatic heterocycles. The van der Waals surface area contributed by atoms with Crippen molar-refractivity contribution in [3.05, 3.63) is 35.4 Å². The highest BCUT2D eigenvalue weighted by Crippen LogP contribution is 2.27. The van der Waals surface area contributed by atoms with Crippen LogP contribution in [0, 0.1) is 5.92 Å². The quantitative estimate of drug-likeness (QED) is 0.833. The van der Waals surface area contributed by atoms with E-state index in [0.29, 0.717) is 12.2 Å². The Balaban J connectivity index is 1.66. The number of fused-ring (bicyclic) bond motifs is 1. The molecule has 2 aliphatic heterocycles. The van der Waals surface area contributed by atoms with Gasteiger partial charge in [-0.15, -0.1) is 0 Å². The number of nitrogens with one attached hydrogen (secondary N) is 1. The Morgan fingerprint density at radius 2 is 2.05 bits per heavy atom. The summed E-state index contributed by atoms with van der Waals surface area (Å²) in [4.78, 5) is 24.8. The van der Waals surface area contributed by atoms with E-state index in [0.717, 1.165) is 31.5 Å². The number of hydrogen-bond donors (Lipinski definition) is 1. The first-order chi connectivity index (χ1) is 10.2. The zero-order valence-electron chi connectivity index (χ0n) is 12.1. The predicted molar refractivity (Wildman–Crippen MR) is 74.7 cm³/mol. The minimum atomic E-state index is -0.240. The van der Waals surface area contributed by atoms with Crippen molar-refractivity contribution in [1.29, 1.82) is 0 Å². The molecular weight excluding hydrogens is 270 g/mol. The molecule has 0 radical (unpaired) electrons. The number of rotatable bonds is 3. The summed E-state index contributed by atoms with van der Waals surface area (Å²) in [5, 5.41) is 0. The molecule has 1 saturated heterocycles. The lowest BCUT2D eigenvalue weighted by atomic mass is 9.96. The van der Waals surface area contributed by atoms with Crippen molar-refractivity contribution in [2.75, 3.05) is 19.7 Å². The van der Waals surface area contributed by atoms with Gasteiger partial charge in [0, 0.05) is 12.8 Å². The number of benzene rings is 1. The van der Waals surface area contributed by atoms with E-state index in [-0.39, 0.29) is 24.1 Å². The Hall–Kier alpha value is -1.88. The number of quaternary nitrogens is 1. The molecule has 0 saturated carbocycles. The minimum Gasteiger partial charge on any atom is -0.466 e. The Kier molecular flexibility index (Phi) is 3.92. The number of cyclic esters (lactones) is 1. The summed E-state index contributed by atoms with van der Waals surface area (Å²) >= 11 is 0. The summed E-state index contributed by atoms with van der Waals surface area (Å²) in [6.07, 6.45) is 1.34. The third-order valence-electron chi connectivity index (χ3n) is 4.31. The minimum absolute atomic E-state index is 0.0129. The van der Waals surface area contributed by atoms with Gasteiger partial charge in [-0.05, 0) is 19.1 Å². The summed E-state index contributed by atoms with van der Waals surface area (Å²) in [5.41, 5.74) is 1.63. The van der Waals surface area contributed by atoms with E-state index in [1.54, 1.807) is 0 Å². The molecule has 0 aliphatic carbocycles. The van der Waals surface area contributed by atoms with Crippen LogP contribution < -0.4 is 4.90 Å². The summed E-state index contributed by atoms with van der Waals surface area (Å²) in [5.74, 6) is -0.350. The van der Waals surface area contributed by atoms with E-state index in [1.807, 2.05) is 31.2 Å². The maximum absolute atomic E-state index is 11.9. The fraction of sp³-hybridized carbons (Fsp3) is 0.500. The van der Waals surface area contributed by atoms with Crippen molar-refractivity contribution in [2.45, 2.75) is 26.0 Å². The summed E-state index contributed by atoms with van der Waals surface area (Å²) in [7, 11) is 0. The van der Waals surface area contributed by atoms with Gasteiger partial charge in [0.2, 0.25) is 0 Å². The van der Waals surface area contributed by atoms with Gasteiger partial charge in [0.25, 0.3) is 6.23 Å². The normalized spacial score (nSPS) is 27.9. The monoisotopic (exact) mass is 290 g/mol. The number of carbonyl (C=O) groups is 2. The van der Waals surface area contributed by atoms with Crippen LogP contribution >= 0.6 is 0 Å². The average Bonchev–Trinajstić information content (AvgIpc) is 2.85. The Morgan fingerprint density at radius 1 is 1.33 bits per heavy atom. The summed E-state index contributed by atoms with van der Waals surface area (Å²) in [6, 6.07) is 7.54. The third kappa shape index (κ3) is 2.65. The number of hydrogen-bond acceptors (Lipinski definition) is 4. The van der Waals surface area contributed by atoms with E-state index in [9.17, 15) is 9.59 Å². The van der Waals surface area contributed by atoms with Gasteiger partial charge in [0.05, 0.1) is 36.7 Å². The SMILES string of the molecule is CCOC(=O)C1CC[NH+](C2OC(=O)c3ccccc32)CC1. The smallest absolute Gasteiger partial charge is 0.343 e. The van der Waals surface area contributed by atoms with Crippen LogP contribution in [0.4, 0.5) is 0 Å². The molecule has 3 rings (SSSR count). The first kappa shape index (κ1) is 14.1. The topological polar surface area (TPSA) is 57.0 Å². The molecule has 0 amide bonds. The van der Waals surface area contributed by atoms with Gasteiger partial charge in [0.1, 0.15) is 0 Å². The molecule has 1 fully saturated rings. The molecule has 2 heterocycles. The van der Waals surface area contributed by atoms with Gasteiger partial charge >= 0.3 is 11.9 Å². The van der Waals surface area contributed by atoms with Crippen molar-refractivity contribution in [3.8, 4) is 0 Å². The van der Waals surface area contributed by atoms with Crippen molar-refractivity contribution in [1.82, 2.24) is 0 Å². The van der Waals surface area contributed by atoms with Crippen molar-refractivity contribution in [2.24, 2.45) is 5.92 Å². The maximum Gasteiger partial charge on any atom is 0.343 e. The van der Waals surface area contributed by atoms with Gasteiger partial charge in [0.15, 0.2) is 0 Å². The molecule has 1 unspecified atom stereocenters. The Morgan fingerprint density at radius 3 is 2.76 bits per heavy atom. The molecule has 1 aromatic rings. The van der Waals surface area contributed by atoms with E-state index in [2.05, 4.69) is 0 Å². The van der Waals surface area contributed by atoms with E-state index < -0.39 is 0 Å². The lowest BCUT2D eigenvalue weighted by Crippen LogP contribution is -3.13. The zero-order valence-corrected chi connectivity index (χ0v) is 12.1. The van der Waals surface area contributed by atoms with Gasteiger partial charge in [-0.25, -0.2) is 4.79 Å². The van der Waals surface area contributed by atoms with Crippen LogP contribution in [-0.4, -0.2) is 31.6 Å². The Bertz CT molecular complexity index is 549. The molecule has 5 nitrogen and oxygen atoms in total. The second-order valence-corrected chi connectivity index (χ2v) is 5.56. The van der Waals surface area contributed by atoms with Crippen LogP contribution in [0.3, 0.4) is 0 Å². The third-order valence-corrected chi connectivity index (χ3v) is 4.31. The highest BCUT2D eigenvalue weighted by Gasteiger charge is 2.40.